The van der Waals surface area contributed by atoms with E-state index < -0.39 is 5.60 Å². The fourth-order valence-electron chi connectivity index (χ4n) is 1.77. The van der Waals surface area contributed by atoms with Crippen LogP contribution in [-0.2, 0) is 5.60 Å². The number of aryl methyl sites for hydroxylation is 1. The zero-order valence-corrected chi connectivity index (χ0v) is 9.47. The molecule has 0 aliphatic rings. The van der Waals surface area contributed by atoms with Crippen molar-refractivity contribution < 1.29 is 9.50 Å². The van der Waals surface area contributed by atoms with Gasteiger partial charge in [-0.1, -0.05) is 13.8 Å². The van der Waals surface area contributed by atoms with Crippen molar-refractivity contribution >= 4 is 5.69 Å². The second-order valence-corrected chi connectivity index (χ2v) is 3.92. The minimum atomic E-state index is -1.02. The first-order valence-corrected chi connectivity index (χ1v) is 5.23. The summed E-state index contributed by atoms with van der Waals surface area (Å²) in [6.45, 7) is 5.47. The summed E-state index contributed by atoms with van der Waals surface area (Å²) in [6, 6.07) is 2.71. The van der Waals surface area contributed by atoms with Crippen LogP contribution in [0.5, 0.6) is 0 Å². The number of nitrogens with two attached hydrogens (primary N) is 1. The molecule has 0 unspecified atom stereocenters. The van der Waals surface area contributed by atoms with Crippen LogP contribution in [0.2, 0.25) is 0 Å². The van der Waals surface area contributed by atoms with Crippen LogP contribution in [0.15, 0.2) is 12.1 Å². The normalized spacial score (nSPS) is 11.8. The van der Waals surface area contributed by atoms with E-state index in [-0.39, 0.29) is 5.82 Å². The maximum Gasteiger partial charge on any atom is 0.124 e. The van der Waals surface area contributed by atoms with Gasteiger partial charge >= 0.3 is 0 Å². The average Bonchev–Trinajstić information content (AvgIpc) is 2.22. The summed E-state index contributed by atoms with van der Waals surface area (Å²) in [4.78, 5) is 0. The standard InChI is InChI=1S/C12H18FNO/c1-4-12(15,5-2)10-7-9(13)6-8(3)11(10)14/h6-7,15H,4-5,14H2,1-3H3. The van der Waals surface area contributed by atoms with Crippen LogP contribution in [0.4, 0.5) is 10.1 Å². The molecule has 0 fully saturated rings. The van der Waals surface area contributed by atoms with Gasteiger partial charge in [-0.2, -0.15) is 0 Å². The lowest BCUT2D eigenvalue weighted by Crippen LogP contribution is -2.25. The Balaban J connectivity index is 3.35. The summed E-state index contributed by atoms with van der Waals surface area (Å²) in [5.41, 5.74) is 6.51. The van der Waals surface area contributed by atoms with Gasteiger partial charge in [-0.3, -0.25) is 0 Å². The number of benzene rings is 1. The molecule has 0 bridgehead atoms. The molecule has 2 nitrogen and oxygen atoms in total. The van der Waals surface area contributed by atoms with E-state index in [0.717, 1.165) is 0 Å². The number of nitrogen functional groups attached to an aromatic ring is 1. The van der Waals surface area contributed by atoms with Crippen molar-refractivity contribution in [2.75, 3.05) is 5.73 Å². The molecule has 0 radical (unpaired) electrons. The minimum Gasteiger partial charge on any atom is -0.398 e. The molecule has 15 heavy (non-hydrogen) atoms. The highest BCUT2D eigenvalue weighted by molar-refractivity contribution is 5.55. The van der Waals surface area contributed by atoms with E-state index in [4.69, 9.17) is 5.73 Å². The molecular weight excluding hydrogens is 193 g/mol. The van der Waals surface area contributed by atoms with Gasteiger partial charge in [0.2, 0.25) is 0 Å². The Bertz CT molecular complexity index is 359. The molecule has 0 amide bonds. The predicted octanol–water partition coefficient (Wildman–Crippen LogP) is 2.72. The molecule has 1 aromatic carbocycles. The van der Waals surface area contributed by atoms with E-state index in [9.17, 15) is 9.50 Å². The quantitative estimate of drug-likeness (QED) is 0.755. The highest BCUT2D eigenvalue weighted by atomic mass is 19.1. The van der Waals surface area contributed by atoms with Crippen LogP contribution in [0.3, 0.4) is 0 Å². The molecule has 0 saturated carbocycles. The van der Waals surface area contributed by atoms with Crippen molar-refractivity contribution in [1.29, 1.82) is 0 Å². The molecular formula is C12H18FNO. The third-order valence-corrected chi connectivity index (χ3v) is 3.02. The Kier molecular flexibility index (Phi) is 3.35. The number of hydrogen-bond acceptors (Lipinski definition) is 2. The van der Waals surface area contributed by atoms with Crippen molar-refractivity contribution in [2.24, 2.45) is 0 Å². The molecule has 1 rings (SSSR count). The second-order valence-electron chi connectivity index (χ2n) is 3.92. The fraction of sp³-hybridized carbons (Fsp3) is 0.500. The van der Waals surface area contributed by atoms with Crippen LogP contribution in [-0.4, -0.2) is 5.11 Å². The summed E-state index contributed by atoms with van der Waals surface area (Å²) in [6.07, 6.45) is 1.05. The molecule has 84 valence electrons. The molecule has 0 aliphatic carbocycles. The first kappa shape index (κ1) is 12.0. The van der Waals surface area contributed by atoms with Gasteiger partial charge in [-0.05, 0) is 37.5 Å². The average molecular weight is 211 g/mol. The van der Waals surface area contributed by atoms with Crippen LogP contribution in [0.25, 0.3) is 0 Å². The van der Waals surface area contributed by atoms with E-state index in [1.807, 2.05) is 13.8 Å². The molecule has 0 atom stereocenters. The number of hydrogen-bond donors (Lipinski definition) is 2. The summed E-state index contributed by atoms with van der Waals surface area (Å²) < 4.78 is 13.2. The van der Waals surface area contributed by atoms with Gasteiger partial charge in [0, 0.05) is 11.3 Å². The largest absolute Gasteiger partial charge is 0.398 e. The van der Waals surface area contributed by atoms with Gasteiger partial charge < -0.3 is 10.8 Å². The molecule has 3 N–H and O–H groups in total. The van der Waals surface area contributed by atoms with Gasteiger partial charge in [-0.15, -0.1) is 0 Å². The lowest BCUT2D eigenvalue weighted by molar-refractivity contribution is 0.0288. The van der Waals surface area contributed by atoms with Crippen LogP contribution in [0.1, 0.15) is 37.8 Å². The van der Waals surface area contributed by atoms with E-state index in [1.165, 1.54) is 12.1 Å². The summed E-state index contributed by atoms with van der Waals surface area (Å²) >= 11 is 0. The predicted molar refractivity (Wildman–Crippen MR) is 60.0 cm³/mol. The van der Waals surface area contributed by atoms with E-state index in [2.05, 4.69) is 0 Å². The molecule has 0 aliphatic heterocycles. The van der Waals surface area contributed by atoms with E-state index in [0.29, 0.717) is 29.7 Å². The van der Waals surface area contributed by atoms with Gasteiger partial charge in [-0.25, -0.2) is 4.39 Å². The van der Waals surface area contributed by atoms with E-state index in [1.54, 1.807) is 6.92 Å². The molecule has 0 heterocycles. The molecule has 3 heteroatoms. The van der Waals surface area contributed by atoms with Crippen molar-refractivity contribution in [1.82, 2.24) is 0 Å². The lowest BCUT2D eigenvalue weighted by Gasteiger charge is -2.28. The monoisotopic (exact) mass is 211 g/mol. The first-order valence-electron chi connectivity index (χ1n) is 5.23. The Labute approximate surface area is 89.9 Å². The Morgan fingerprint density at radius 1 is 1.33 bits per heavy atom. The second kappa shape index (κ2) is 4.19. The number of halogens is 1. The lowest BCUT2D eigenvalue weighted by atomic mass is 9.86. The highest BCUT2D eigenvalue weighted by Gasteiger charge is 2.28. The van der Waals surface area contributed by atoms with E-state index >= 15 is 0 Å². The van der Waals surface area contributed by atoms with Crippen LogP contribution < -0.4 is 5.73 Å². The zero-order valence-electron chi connectivity index (χ0n) is 9.47. The van der Waals surface area contributed by atoms with Crippen molar-refractivity contribution in [3.63, 3.8) is 0 Å². The maximum absolute atomic E-state index is 13.2. The molecule has 1 aromatic rings. The van der Waals surface area contributed by atoms with Crippen LogP contribution >= 0.6 is 0 Å². The van der Waals surface area contributed by atoms with Crippen molar-refractivity contribution in [3.8, 4) is 0 Å². The minimum absolute atomic E-state index is 0.350. The Hall–Kier alpha value is -1.09. The summed E-state index contributed by atoms with van der Waals surface area (Å²) in [5, 5.41) is 10.3. The third kappa shape index (κ3) is 2.12. The van der Waals surface area contributed by atoms with Gasteiger partial charge in [0.1, 0.15) is 5.82 Å². The number of aliphatic hydroxyl groups is 1. The zero-order chi connectivity index (χ0) is 11.6. The van der Waals surface area contributed by atoms with Gasteiger partial charge in [0.05, 0.1) is 5.60 Å². The third-order valence-electron chi connectivity index (χ3n) is 3.02. The van der Waals surface area contributed by atoms with Crippen LogP contribution in [0, 0.1) is 12.7 Å². The number of rotatable bonds is 3. The molecule has 0 spiro atoms. The van der Waals surface area contributed by atoms with Crippen molar-refractivity contribution in [3.05, 3.63) is 29.1 Å². The van der Waals surface area contributed by atoms with Crippen molar-refractivity contribution in [2.45, 2.75) is 39.2 Å². The molecule has 0 saturated heterocycles. The Morgan fingerprint density at radius 2 is 1.87 bits per heavy atom. The summed E-state index contributed by atoms with van der Waals surface area (Å²) in [7, 11) is 0. The van der Waals surface area contributed by atoms with Gasteiger partial charge in [0.25, 0.3) is 0 Å². The first-order chi connectivity index (χ1) is 6.94. The number of anilines is 1. The SMILES string of the molecule is CCC(O)(CC)c1cc(F)cc(C)c1N. The van der Waals surface area contributed by atoms with Gasteiger partial charge in [0.15, 0.2) is 0 Å². The molecule has 0 aromatic heterocycles. The highest BCUT2D eigenvalue weighted by Crippen LogP contribution is 2.34. The maximum atomic E-state index is 13.2. The topological polar surface area (TPSA) is 46.2 Å². The smallest absolute Gasteiger partial charge is 0.124 e. The fourth-order valence-corrected chi connectivity index (χ4v) is 1.77. The summed E-state index contributed by atoms with van der Waals surface area (Å²) in [5.74, 6) is -0.350. The Morgan fingerprint density at radius 3 is 2.33 bits per heavy atom.